The van der Waals surface area contributed by atoms with Crippen molar-refractivity contribution in [3.8, 4) is 0 Å². The van der Waals surface area contributed by atoms with Crippen LogP contribution in [0.2, 0.25) is 3.93 Å². The SMILES string of the molecule is CCC1(CC)C(=O)NC(=O)N(CC([CH2][Hg])OC(C)C)C1=O. The van der Waals surface area contributed by atoms with Crippen LogP contribution in [-0.2, 0) is 40.4 Å². The van der Waals surface area contributed by atoms with Gasteiger partial charge in [0.15, 0.2) is 0 Å². The summed E-state index contributed by atoms with van der Waals surface area (Å²) in [5, 5.41) is 2.32. The number of hydrogen-bond donors (Lipinski definition) is 1. The summed E-state index contributed by atoms with van der Waals surface area (Å²) in [6.07, 6.45) is 0.684. The molecular formula is C14H23HgN2O4. The van der Waals surface area contributed by atoms with Gasteiger partial charge in [-0.1, -0.05) is 0 Å². The van der Waals surface area contributed by atoms with E-state index in [1.54, 1.807) is 13.8 Å². The molecule has 1 unspecified atom stereocenters. The van der Waals surface area contributed by atoms with Gasteiger partial charge in [-0.3, -0.25) is 0 Å². The van der Waals surface area contributed by atoms with Crippen LogP contribution in [0.5, 0.6) is 0 Å². The van der Waals surface area contributed by atoms with Crippen molar-refractivity contribution in [3.63, 3.8) is 0 Å². The monoisotopic (exact) mass is 485 g/mol. The molecule has 21 heavy (non-hydrogen) atoms. The molecule has 0 aromatic rings. The van der Waals surface area contributed by atoms with Gasteiger partial charge < -0.3 is 0 Å². The zero-order chi connectivity index (χ0) is 16.2. The molecule has 0 saturated carbocycles. The van der Waals surface area contributed by atoms with E-state index in [0.717, 1.165) is 8.83 Å². The molecule has 1 rings (SSSR count). The fourth-order valence-electron chi connectivity index (χ4n) is 2.56. The Balaban J connectivity index is 2.97. The maximum atomic E-state index is 12.7. The van der Waals surface area contributed by atoms with Crippen LogP contribution in [0.3, 0.4) is 0 Å². The Labute approximate surface area is 141 Å². The molecule has 1 atom stereocenters. The topological polar surface area (TPSA) is 75.7 Å². The summed E-state index contributed by atoms with van der Waals surface area (Å²) in [7, 11) is 0. The first-order valence-corrected chi connectivity index (χ1v) is 11.3. The summed E-state index contributed by atoms with van der Waals surface area (Å²) in [6.45, 7) is 7.68. The number of rotatable bonds is 7. The molecule has 7 heteroatoms. The predicted molar refractivity (Wildman–Crippen MR) is 73.1 cm³/mol. The average Bonchev–Trinajstić information content (AvgIpc) is 2.43. The fourth-order valence-corrected chi connectivity index (χ4v) is 3.80. The quantitative estimate of drug-likeness (QED) is 0.441. The third-order valence-corrected chi connectivity index (χ3v) is 6.44. The number of carbonyl (C=O) groups is 3. The number of urea groups is 1. The summed E-state index contributed by atoms with van der Waals surface area (Å²) in [5.74, 6) is -0.866. The Morgan fingerprint density at radius 1 is 1.24 bits per heavy atom. The molecule has 0 radical (unpaired) electrons. The molecule has 0 aliphatic carbocycles. The predicted octanol–water partition coefficient (Wildman–Crippen LogP) is 1.63. The molecule has 6 nitrogen and oxygen atoms in total. The van der Waals surface area contributed by atoms with Crippen molar-refractivity contribution in [3.05, 3.63) is 0 Å². The van der Waals surface area contributed by atoms with Crippen molar-refractivity contribution < 1.29 is 45.2 Å². The zero-order valence-electron chi connectivity index (χ0n) is 13.3. The second kappa shape index (κ2) is 7.67. The van der Waals surface area contributed by atoms with Gasteiger partial charge in [0.2, 0.25) is 0 Å². The van der Waals surface area contributed by atoms with Gasteiger partial charge in [-0.05, 0) is 0 Å². The fraction of sp³-hybridized carbons (Fsp3) is 0.786. The van der Waals surface area contributed by atoms with Crippen LogP contribution in [-0.4, -0.2) is 41.5 Å². The van der Waals surface area contributed by atoms with Crippen molar-refractivity contribution in [2.24, 2.45) is 5.41 Å². The summed E-state index contributed by atoms with van der Waals surface area (Å²) in [6, 6.07) is -0.623. The van der Waals surface area contributed by atoms with Gasteiger partial charge in [0, 0.05) is 0 Å². The Morgan fingerprint density at radius 2 is 1.81 bits per heavy atom. The van der Waals surface area contributed by atoms with Crippen LogP contribution in [0.15, 0.2) is 0 Å². The molecule has 0 aromatic heterocycles. The Hall–Kier alpha value is -0.495. The number of imide groups is 2. The zero-order valence-corrected chi connectivity index (χ0v) is 18.8. The van der Waals surface area contributed by atoms with Gasteiger partial charge in [-0.15, -0.1) is 0 Å². The number of ether oxygens (including phenoxy) is 1. The van der Waals surface area contributed by atoms with Gasteiger partial charge in [0.25, 0.3) is 0 Å². The van der Waals surface area contributed by atoms with Gasteiger partial charge in [0.05, 0.1) is 0 Å². The van der Waals surface area contributed by atoms with E-state index < -0.39 is 17.4 Å². The molecule has 1 heterocycles. The van der Waals surface area contributed by atoms with E-state index in [4.69, 9.17) is 4.74 Å². The molecule has 1 aliphatic heterocycles. The first-order valence-electron chi connectivity index (χ1n) is 7.44. The average molecular weight is 484 g/mol. The normalized spacial score (nSPS) is 20.0. The number of nitrogens with zero attached hydrogens (tertiary/aromatic N) is 1. The van der Waals surface area contributed by atoms with Crippen LogP contribution in [0.4, 0.5) is 4.79 Å². The summed E-state index contributed by atoms with van der Waals surface area (Å²) in [4.78, 5) is 37.9. The van der Waals surface area contributed by atoms with Crippen molar-refractivity contribution in [2.45, 2.75) is 56.7 Å². The van der Waals surface area contributed by atoms with E-state index in [1.807, 2.05) is 13.8 Å². The van der Waals surface area contributed by atoms with Crippen molar-refractivity contribution in [1.29, 1.82) is 0 Å². The van der Waals surface area contributed by atoms with Crippen molar-refractivity contribution >= 4 is 17.8 Å². The Morgan fingerprint density at radius 3 is 2.24 bits per heavy atom. The van der Waals surface area contributed by atoms with E-state index in [2.05, 4.69) is 5.32 Å². The van der Waals surface area contributed by atoms with Crippen LogP contribution in [0, 0.1) is 5.41 Å². The summed E-state index contributed by atoms with van der Waals surface area (Å²) < 4.78 is 6.63. The van der Waals surface area contributed by atoms with Crippen LogP contribution in [0.25, 0.3) is 0 Å². The Kier molecular flexibility index (Phi) is 6.78. The molecular weight excluding hydrogens is 461 g/mol. The van der Waals surface area contributed by atoms with Crippen LogP contribution in [0.1, 0.15) is 40.5 Å². The molecule has 1 saturated heterocycles. The molecule has 1 fully saturated rings. The third-order valence-electron chi connectivity index (χ3n) is 3.93. The second-order valence-electron chi connectivity index (χ2n) is 5.56. The van der Waals surface area contributed by atoms with Crippen LogP contribution < -0.4 is 5.32 Å². The van der Waals surface area contributed by atoms with Gasteiger partial charge in [0.1, 0.15) is 0 Å². The summed E-state index contributed by atoms with van der Waals surface area (Å²) in [5.41, 5.74) is -1.12. The Bertz CT molecular complexity index is 421. The van der Waals surface area contributed by atoms with Gasteiger partial charge in [-0.2, -0.15) is 0 Å². The number of barbiturate groups is 1. The van der Waals surface area contributed by atoms with E-state index in [-0.39, 0.29) is 24.7 Å². The number of nitrogens with one attached hydrogen (secondary N) is 1. The molecule has 115 valence electrons. The van der Waals surface area contributed by atoms with Gasteiger partial charge in [-0.25, -0.2) is 0 Å². The molecule has 0 spiro atoms. The van der Waals surface area contributed by atoms with Crippen molar-refractivity contribution in [1.82, 2.24) is 10.2 Å². The minimum atomic E-state index is -1.12. The van der Waals surface area contributed by atoms with E-state index in [0.29, 0.717) is 39.0 Å². The molecule has 0 aromatic carbocycles. The van der Waals surface area contributed by atoms with Crippen LogP contribution >= 0.6 is 0 Å². The third kappa shape index (κ3) is 3.83. The summed E-state index contributed by atoms with van der Waals surface area (Å²) >= 11 is 0.509. The number of amides is 4. The number of carbonyl (C=O) groups excluding carboxylic acids is 3. The molecule has 4 amide bonds. The first-order chi connectivity index (χ1) is 9.82. The van der Waals surface area contributed by atoms with Crippen molar-refractivity contribution in [2.75, 3.05) is 6.54 Å². The van der Waals surface area contributed by atoms with E-state index in [9.17, 15) is 14.4 Å². The standard InChI is InChI=1S/C14H23N2O4.Hg/c1-6-14(7-2)11(17)15-13(19)16(12(14)18)8-10(5)20-9(3)4;/h9-10H,5-8H2,1-4H3,(H,15,17,19);. The maximum absolute atomic E-state index is 12.7. The first kappa shape index (κ1) is 18.6. The molecule has 1 N–H and O–H groups in total. The number of hydrogen-bond acceptors (Lipinski definition) is 4. The molecule has 0 bridgehead atoms. The van der Waals surface area contributed by atoms with E-state index in [1.165, 1.54) is 0 Å². The minimum absolute atomic E-state index is 0.0465. The second-order valence-corrected chi connectivity index (χ2v) is 7.80. The van der Waals surface area contributed by atoms with Gasteiger partial charge >= 0.3 is 142 Å². The van der Waals surface area contributed by atoms with E-state index >= 15 is 0 Å². The molecule has 1 aliphatic rings.